The Morgan fingerprint density at radius 1 is 1.38 bits per heavy atom. The number of ether oxygens (including phenoxy) is 2. The van der Waals surface area contributed by atoms with Gasteiger partial charge in [0.2, 0.25) is 5.91 Å². The number of carbonyl (C=O) groups excluding carboxylic acids is 1. The van der Waals surface area contributed by atoms with Gasteiger partial charge in [0.15, 0.2) is 0 Å². The Morgan fingerprint density at radius 2 is 2.05 bits per heavy atom. The summed E-state index contributed by atoms with van der Waals surface area (Å²) >= 11 is 0. The Kier molecular flexibility index (Phi) is 4.69. The first-order chi connectivity index (χ1) is 9.85. The van der Waals surface area contributed by atoms with E-state index < -0.39 is 12.4 Å². The van der Waals surface area contributed by atoms with Gasteiger partial charge in [-0.15, -0.1) is 13.2 Å². The van der Waals surface area contributed by atoms with Gasteiger partial charge in [-0.2, -0.15) is 0 Å². The summed E-state index contributed by atoms with van der Waals surface area (Å²) in [4.78, 5) is 12.0. The molecule has 1 amide bonds. The molecule has 0 aliphatic carbocycles. The van der Waals surface area contributed by atoms with Gasteiger partial charge >= 0.3 is 6.36 Å². The fourth-order valence-electron chi connectivity index (χ4n) is 1.99. The molecule has 0 spiro atoms. The number of halogens is 3. The lowest BCUT2D eigenvalue weighted by molar-refractivity contribution is -0.274. The third-order valence-electron chi connectivity index (χ3n) is 2.95. The molecule has 1 aliphatic rings. The van der Waals surface area contributed by atoms with Crippen molar-refractivity contribution in [1.29, 1.82) is 0 Å². The van der Waals surface area contributed by atoms with Crippen molar-refractivity contribution in [2.24, 2.45) is 0 Å². The van der Waals surface area contributed by atoms with Crippen LogP contribution in [0.1, 0.15) is 6.92 Å². The van der Waals surface area contributed by atoms with Crippen molar-refractivity contribution in [3.8, 4) is 5.75 Å². The van der Waals surface area contributed by atoms with Gasteiger partial charge in [0.1, 0.15) is 11.8 Å². The summed E-state index contributed by atoms with van der Waals surface area (Å²) in [6, 6.07) is 4.46. The van der Waals surface area contributed by atoms with Crippen molar-refractivity contribution in [3.63, 3.8) is 0 Å². The maximum atomic E-state index is 12.0. The molecular formula is C13H15F3N2O3. The maximum Gasteiger partial charge on any atom is 0.573 e. The van der Waals surface area contributed by atoms with E-state index in [4.69, 9.17) is 4.74 Å². The highest BCUT2D eigenvalue weighted by molar-refractivity contribution is 5.95. The van der Waals surface area contributed by atoms with Gasteiger partial charge in [-0.05, 0) is 31.2 Å². The highest BCUT2D eigenvalue weighted by Gasteiger charge is 2.31. The zero-order valence-corrected chi connectivity index (χ0v) is 11.2. The second-order valence-corrected chi connectivity index (χ2v) is 4.57. The number of rotatable bonds is 3. The number of benzene rings is 1. The molecule has 8 heteroatoms. The average Bonchev–Trinajstić information content (AvgIpc) is 2.40. The largest absolute Gasteiger partial charge is 0.573 e. The van der Waals surface area contributed by atoms with Gasteiger partial charge in [-0.3, -0.25) is 4.79 Å². The molecule has 0 unspecified atom stereocenters. The molecule has 0 aromatic heterocycles. The molecule has 1 aliphatic heterocycles. The molecule has 21 heavy (non-hydrogen) atoms. The van der Waals surface area contributed by atoms with E-state index in [1.165, 1.54) is 12.1 Å². The molecular weight excluding hydrogens is 289 g/mol. The molecule has 2 atom stereocenters. The lowest BCUT2D eigenvalue weighted by Gasteiger charge is -2.29. The van der Waals surface area contributed by atoms with Crippen LogP contribution in [0.4, 0.5) is 18.9 Å². The lowest BCUT2D eigenvalue weighted by atomic mass is 10.1. The predicted molar refractivity (Wildman–Crippen MR) is 69.0 cm³/mol. The van der Waals surface area contributed by atoms with E-state index >= 15 is 0 Å². The van der Waals surface area contributed by atoms with E-state index in [0.717, 1.165) is 12.1 Å². The number of nitrogens with one attached hydrogen (secondary N) is 2. The van der Waals surface area contributed by atoms with Crippen LogP contribution in [0.15, 0.2) is 24.3 Å². The Morgan fingerprint density at radius 3 is 2.62 bits per heavy atom. The van der Waals surface area contributed by atoms with E-state index in [2.05, 4.69) is 15.4 Å². The molecule has 116 valence electrons. The van der Waals surface area contributed by atoms with Crippen LogP contribution in [0.5, 0.6) is 5.75 Å². The van der Waals surface area contributed by atoms with Gasteiger partial charge in [0.25, 0.3) is 0 Å². The third-order valence-corrected chi connectivity index (χ3v) is 2.95. The summed E-state index contributed by atoms with van der Waals surface area (Å²) in [5, 5.41) is 5.63. The summed E-state index contributed by atoms with van der Waals surface area (Å²) in [5.74, 6) is -0.639. The van der Waals surface area contributed by atoms with Crippen LogP contribution in [0.25, 0.3) is 0 Å². The van der Waals surface area contributed by atoms with Crippen LogP contribution in [-0.4, -0.2) is 37.6 Å². The van der Waals surface area contributed by atoms with Crippen molar-refractivity contribution in [2.45, 2.75) is 25.4 Å². The second kappa shape index (κ2) is 6.31. The molecule has 1 heterocycles. The first-order valence-corrected chi connectivity index (χ1v) is 6.37. The van der Waals surface area contributed by atoms with Crippen LogP contribution in [0.3, 0.4) is 0 Å². The van der Waals surface area contributed by atoms with Crippen molar-refractivity contribution in [2.75, 3.05) is 18.5 Å². The number of anilines is 1. The normalized spacial score (nSPS) is 22.7. The smallest absolute Gasteiger partial charge is 0.406 e. The standard InChI is InChI=1S/C13H15F3N2O3/c1-8-11(17-6-7-20-8)12(19)18-9-2-4-10(5-3-9)21-13(14,15)16/h2-5,8,11,17H,6-7H2,1H3,(H,18,19)/t8-,11+/m1/s1. The van der Waals surface area contributed by atoms with E-state index in [0.29, 0.717) is 18.8 Å². The summed E-state index contributed by atoms with van der Waals surface area (Å²) in [5.41, 5.74) is 0.383. The van der Waals surface area contributed by atoms with E-state index in [1.807, 2.05) is 0 Å². The van der Waals surface area contributed by atoms with Gasteiger partial charge in [0.05, 0.1) is 12.7 Å². The van der Waals surface area contributed by atoms with Crippen molar-refractivity contribution in [1.82, 2.24) is 5.32 Å². The van der Waals surface area contributed by atoms with Crippen LogP contribution in [0.2, 0.25) is 0 Å². The number of morpholine rings is 1. The number of hydrogen-bond donors (Lipinski definition) is 2. The third kappa shape index (κ3) is 4.61. The first kappa shape index (κ1) is 15.6. The Bertz CT molecular complexity index is 490. The molecule has 1 aromatic rings. The number of amides is 1. The highest BCUT2D eigenvalue weighted by Crippen LogP contribution is 2.24. The van der Waals surface area contributed by atoms with Gasteiger partial charge in [0, 0.05) is 12.2 Å². The number of hydrogen-bond acceptors (Lipinski definition) is 4. The molecule has 1 fully saturated rings. The molecule has 0 saturated carbocycles. The zero-order valence-electron chi connectivity index (χ0n) is 11.2. The van der Waals surface area contributed by atoms with Crippen molar-refractivity contribution >= 4 is 11.6 Å². The van der Waals surface area contributed by atoms with Gasteiger partial charge in [-0.1, -0.05) is 0 Å². The SMILES string of the molecule is C[C@H]1OCCN[C@@H]1C(=O)Nc1ccc(OC(F)(F)F)cc1. The minimum Gasteiger partial charge on any atom is -0.406 e. The van der Waals surface area contributed by atoms with Crippen molar-refractivity contribution in [3.05, 3.63) is 24.3 Å². The number of alkyl halides is 3. The van der Waals surface area contributed by atoms with Crippen LogP contribution in [-0.2, 0) is 9.53 Å². The van der Waals surface area contributed by atoms with Crippen LogP contribution >= 0.6 is 0 Å². The molecule has 1 saturated heterocycles. The molecule has 5 nitrogen and oxygen atoms in total. The van der Waals surface area contributed by atoms with Crippen LogP contribution in [0, 0.1) is 0 Å². The quantitative estimate of drug-likeness (QED) is 0.895. The van der Waals surface area contributed by atoms with E-state index in [9.17, 15) is 18.0 Å². The molecule has 0 radical (unpaired) electrons. The van der Waals surface area contributed by atoms with Crippen molar-refractivity contribution < 1.29 is 27.4 Å². The maximum absolute atomic E-state index is 12.0. The topological polar surface area (TPSA) is 59.6 Å². The Labute approximate surface area is 119 Å². The molecule has 2 rings (SSSR count). The zero-order chi connectivity index (χ0) is 15.5. The minimum absolute atomic E-state index is 0.272. The number of carbonyl (C=O) groups is 1. The summed E-state index contributed by atoms with van der Waals surface area (Å²) < 4.78 is 45.2. The van der Waals surface area contributed by atoms with Gasteiger partial charge in [-0.25, -0.2) is 0 Å². The van der Waals surface area contributed by atoms with E-state index in [-0.39, 0.29) is 17.8 Å². The van der Waals surface area contributed by atoms with E-state index in [1.54, 1.807) is 6.92 Å². The fraction of sp³-hybridized carbons (Fsp3) is 0.462. The minimum atomic E-state index is -4.73. The predicted octanol–water partition coefficient (Wildman–Crippen LogP) is 1.90. The van der Waals surface area contributed by atoms with Crippen LogP contribution < -0.4 is 15.4 Å². The molecule has 1 aromatic carbocycles. The summed E-state index contributed by atoms with van der Waals surface area (Å²) in [6.07, 6.45) is -5.00. The highest BCUT2D eigenvalue weighted by atomic mass is 19.4. The molecule has 2 N–H and O–H groups in total. The fourth-order valence-corrected chi connectivity index (χ4v) is 1.99. The Balaban J connectivity index is 1.95. The average molecular weight is 304 g/mol. The first-order valence-electron chi connectivity index (χ1n) is 6.37. The summed E-state index contributed by atoms with van der Waals surface area (Å²) in [6.45, 7) is 2.88. The Hall–Kier alpha value is -1.80. The second-order valence-electron chi connectivity index (χ2n) is 4.57. The molecule has 0 bridgehead atoms. The van der Waals surface area contributed by atoms with Gasteiger partial charge < -0.3 is 20.1 Å². The lowest BCUT2D eigenvalue weighted by Crippen LogP contribution is -2.53. The summed E-state index contributed by atoms with van der Waals surface area (Å²) in [7, 11) is 0. The monoisotopic (exact) mass is 304 g/mol.